The molecule has 2 heteroatoms. The first-order valence-electron chi connectivity index (χ1n) is 4.28. The van der Waals surface area contributed by atoms with Crippen LogP contribution in [-0.4, -0.2) is 6.17 Å². The topological polar surface area (TPSA) is 52.0 Å². The molecule has 2 fully saturated rings. The normalized spacial score (nSPS) is 45.3. The first kappa shape index (κ1) is 6.62. The van der Waals surface area contributed by atoms with Gasteiger partial charge in [-0.3, -0.25) is 0 Å². The van der Waals surface area contributed by atoms with Gasteiger partial charge in [-0.25, -0.2) is 0 Å². The maximum absolute atomic E-state index is 5.66. The van der Waals surface area contributed by atoms with E-state index < -0.39 is 0 Å². The van der Waals surface area contributed by atoms with E-state index in [0.29, 0.717) is 5.92 Å². The smallest absolute Gasteiger partial charge is 0.0552 e. The van der Waals surface area contributed by atoms with Crippen LogP contribution >= 0.6 is 0 Å². The van der Waals surface area contributed by atoms with Gasteiger partial charge >= 0.3 is 0 Å². The zero-order valence-corrected chi connectivity index (χ0v) is 6.29. The lowest BCUT2D eigenvalue weighted by molar-refractivity contribution is 0.285. The number of nitrogens with two attached hydrogens (primary N) is 2. The lowest BCUT2D eigenvalue weighted by Gasteiger charge is -2.24. The van der Waals surface area contributed by atoms with Crippen molar-refractivity contribution >= 4 is 0 Å². The summed E-state index contributed by atoms with van der Waals surface area (Å²) in [6.07, 6.45) is 5.50. The van der Waals surface area contributed by atoms with E-state index >= 15 is 0 Å². The minimum Gasteiger partial charge on any atom is -0.316 e. The SMILES string of the molecule is NC(N)[C@H]1CC2CCC1C2. The molecule has 58 valence electrons. The molecule has 0 radical (unpaired) electrons. The highest BCUT2D eigenvalue weighted by Crippen LogP contribution is 2.48. The maximum Gasteiger partial charge on any atom is 0.0552 e. The van der Waals surface area contributed by atoms with Gasteiger partial charge in [0.25, 0.3) is 0 Å². The number of rotatable bonds is 1. The standard InChI is InChI=1S/C8H16N2/c9-8(10)7-4-5-1-2-6(7)3-5/h5-8H,1-4,9-10H2/t5?,6?,7-/m0/s1. The summed E-state index contributed by atoms with van der Waals surface area (Å²) in [6.45, 7) is 0. The van der Waals surface area contributed by atoms with Crippen molar-refractivity contribution in [3.63, 3.8) is 0 Å². The summed E-state index contributed by atoms with van der Waals surface area (Å²) in [7, 11) is 0. The van der Waals surface area contributed by atoms with Gasteiger partial charge in [-0.15, -0.1) is 0 Å². The van der Waals surface area contributed by atoms with E-state index in [1.165, 1.54) is 25.7 Å². The second-order valence-corrected chi connectivity index (χ2v) is 3.92. The second-order valence-electron chi connectivity index (χ2n) is 3.92. The molecule has 0 heterocycles. The fourth-order valence-corrected chi connectivity index (χ4v) is 2.77. The van der Waals surface area contributed by atoms with Crippen molar-refractivity contribution in [1.29, 1.82) is 0 Å². The van der Waals surface area contributed by atoms with Crippen LogP contribution in [0.2, 0.25) is 0 Å². The molecular weight excluding hydrogens is 124 g/mol. The van der Waals surface area contributed by atoms with Gasteiger partial charge in [-0.1, -0.05) is 6.42 Å². The van der Waals surface area contributed by atoms with E-state index in [4.69, 9.17) is 11.5 Å². The van der Waals surface area contributed by atoms with E-state index in [9.17, 15) is 0 Å². The Balaban J connectivity index is 2.02. The molecule has 2 unspecified atom stereocenters. The largest absolute Gasteiger partial charge is 0.316 e. The lowest BCUT2D eigenvalue weighted by Crippen LogP contribution is -2.41. The molecule has 2 aliphatic carbocycles. The van der Waals surface area contributed by atoms with Crippen LogP contribution in [0, 0.1) is 17.8 Å². The van der Waals surface area contributed by atoms with Gasteiger partial charge in [0, 0.05) is 0 Å². The third kappa shape index (κ3) is 0.867. The van der Waals surface area contributed by atoms with Gasteiger partial charge in [0.1, 0.15) is 0 Å². The molecule has 10 heavy (non-hydrogen) atoms. The van der Waals surface area contributed by atoms with Crippen molar-refractivity contribution in [2.24, 2.45) is 29.2 Å². The Morgan fingerprint density at radius 3 is 2.20 bits per heavy atom. The molecule has 0 aromatic carbocycles. The van der Waals surface area contributed by atoms with Crippen LogP contribution in [0.15, 0.2) is 0 Å². The molecule has 0 amide bonds. The molecule has 0 aromatic heterocycles. The van der Waals surface area contributed by atoms with Crippen molar-refractivity contribution in [1.82, 2.24) is 0 Å². The average Bonchev–Trinajstić information content (AvgIpc) is 2.44. The highest BCUT2D eigenvalue weighted by atomic mass is 14.9. The Labute approximate surface area is 62.0 Å². The lowest BCUT2D eigenvalue weighted by atomic mass is 9.87. The molecule has 2 aliphatic rings. The molecule has 4 N–H and O–H groups in total. The fraction of sp³-hybridized carbons (Fsp3) is 1.00. The minimum absolute atomic E-state index is 0.0460. The number of fused-ring (bicyclic) bond motifs is 2. The summed E-state index contributed by atoms with van der Waals surface area (Å²) >= 11 is 0. The van der Waals surface area contributed by atoms with Gasteiger partial charge in [-0.05, 0) is 37.0 Å². The van der Waals surface area contributed by atoms with Crippen LogP contribution in [0.5, 0.6) is 0 Å². The van der Waals surface area contributed by atoms with Crippen LogP contribution in [0.4, 0.5) is 0 Å². The predicted octanol–water partition coefficient (Wildman–Crippen LogP) is 0.666. The summed E-state index contributed by atoms with van der Waals surface area (Å²) in [5.74, 6) is 2.51. The van der Waals surface area contributed by atoms with E-state index in [-0.39, 0.29) is 6.17 Å². The van der Waals surface area contributed by atoms with Gasteiger partial charge in [-0.2, -0.15) is 0 Å². The summed E-state index contributed by atoms with van der Waals surface area (Å²) in [6, 6.07) is 0. The van der Waals surface area contributed by atoms with Crippen LogP contribution in [0.1, 0.15) is 25.7 Å². The molecule has 3 atom stereocenters. The van der Waals surface area contributed by atoms with Gasteiger partial charge < -0.3 is 11.5 Å². The molecule has 0 saturated heterocycles. The quantitative estimate of drug-likeness (QED) is 0.526. The summed E-state index contributed by atoms with van der Waals surface area (Å²) in [4.78, 5) is 0. The first-order chi connectivity index (χ1) is 4.77. The Bertz CT molecular complexity index is 133. The maximum atomic E-state index is 5.66. The highest BCUT2D eigenvalue weighted by molar-refractivity contribution is 4.92. The van der Waals surface area contributed by atoms with Crippen LogP contribution < -0.4 is 11.5 Å². The van der Waals surface area contributed by atoms with Crippen molar-refractivity contribution < 1.29 is 0 Å². The van der Waals surface area contributed by atoms with Gasteiger partial charge in [0.2, 0.25) is 0 Å². The minimum atomic E-state index is -0.0460. The van der Waals surface area contributed by atoms with Crippen molar-refractivity contribution in [3.05, 3.63) is 0 Å². The van der Waals surface area contributed by atoms with E-state index in [1.807, 2.05) is 0 Å². The molecule has 0 spiro atoms. The Hall–Kier alpha value is -0.0800. The third-order valence-electron chi connectivity index (χ3n) is 3.29. The summed E-state index contributed by atoms with van der Waals surface area (Å²) in [5.41, 5.74) is 11.3. The molecular formula is C8H16N2. The summed E-state index contributed by atoms with van der Waals surface area (Å²) in [5, 5.41) is 0. The molecule has 2 bridgehead atoms. The second kappa shape index (κ2) is 2.21. The summed E-state index contributed by atoms with van der Waals surface area (Å²) < 4.78 is 0. The highest BCUT2D eigenvalue weighted by Gasteiger charge is 2.40. The first-order valence-corrected chi connectivity index (χ1v) is 4.28. The van der Waals surface area contributed by atoms with Crippen LogP contribution in [-0.2, 0) is 0 Å². The zero-order chi connectivity index (χ0) is 7.14. The molecule has 0 aliphatic heterocycles. The van der Waals surface area contributed by atoms with Gasteiger partial charge in [0.15, 0.2) is 0 Å². The monoisotopic (exact) mass is 140 g/mol. The third-order valence-corrected chi connectivity index (χ3v) is 3.29. The van der Waals surface area contributed by atoms with Crippen molar-refractivity contribution in [2.75, 3.05) is 0 Å². The Kier molecular flexibility index (Phi) is 1.46. The molecule has 2 saturated carbocycles. The van der Waals surface area contributed by atoms with Crippen LogP contribution in [0.3, 0.4) is 0 Å². The van der Waals surface area contributed by atoms with Gasteiger partial charge in [0.05, 0.1) is 6.17 Å². The predicted molar refractivity (Wildman–Crippen MR) is 41.1 cm³/mol. The Morgan fingerprint density at radius 1 is 1.10 bits per heavy atom. The van der Waals surface area contributed by atoms with E-state index in [0.717, 1.165) is 11.8 Å². The molecule has 2 nitrogen and oxygen atoms in total. The fourth-order valence-electron chi connectivity index (χ4n) is 2.77. The number of hydrogen-bond acceptors (Lipinski definition) is 2. The average molecular weight is 140 g/mol. The van der Waals surface area contributed by atoms with E-state index in [1.54, 1.807) is 0 Å². The molecule has 2 rings (SSSR count). The zero-order valence-electron chi connectivity index (χ0n) is 6.29. The van der Waals surface area contributed by atoms with E-state index in [2.05, 4.69) is 0 Å². The Morgan fingerprint density at radius 2 is 1.90 bits per heavy atom. The van der Waals surface area contributed by atoms with Crippen LogP contribution in [0.25, 0.3) is 0 Å². The van der Waals surface area contributed by atoms with Crippen molar-refractivity contribution in [3.8, 4) is 0 Å². The van der Waals surface area contributed by atoms with Crippen molar-refractivity contribution in [2.45, 2.75) is 31.8 Å². The molecule has 0 aromatic rings. The number of hydrogen-bond donors (Lipinski definition) is 2.